The molecule has 2 aromatic carbocycles. The fourth-order valence-electron chi connectivity index (χ4n) is 3.43. The van der Waals surface area contributed by atoms with E-state index in [2.05, 4.69) is 41.3 Å². The molecule has 1 aromatic heterocycles. The van der Waals surface area contributed by atoms with Gasteiger partial charge in [0.2, 0.25) is 5.95 Å². The summed E-state index contributed by atoms with van der Waals surface area (Å²) in [4.78, 5) is 23.7. The van der Waals surface area contributed by atoms with Crippen molar-refractivity contribution in [3.05, 3.63) is 77.1 Å². The number of para-hydroxylation sites is 1. The zero-order chi connectivity index (χ0) is 18.8. The first-order valence-corrected chi connectivity index (χ1v) is 9.19. The fraction of sp³-hybridized carbons (Fsp3) is 0.227. The lowest BCUT2D eigenvalue weighted by atomic mass is 10.0. The van der Waals surface area contributed by atoms with E-state index in [0.29, 0.717) is 18.2 Å². The molecule has 27 heavy (non-hydrogen) atoms. The molecule has 2 heterocycles. The molecular formula is C22H22N4O. The van der Waals surface area contributed by atoms with Gasteiger partial charge in [0, 0.05) is 24.1 Å². The van der Waals surface area contributed by atoms with Gasteiger partial charge in [-0.2, -0.15) is 0 Å². The van der Waals surface area contributed by atoms with E-state index in [4.69, 9.17) is 0 Å². The molecule has 0 radical (unpaired) electrons. The first-order chi connectivity index (χ1) is 13.1. The molecule has 0 aliphatic carbocycles. The van der Waals surface area contributed by atoms with Crippen LogP contribution in [-0.4, -0.2) is 22.4 Å². The normalized spacial score (nSPS) is 13.2. The monoisotopic (exact) mass is 358 g/mol. The highest BCUT2D eigenvalue weighted by molar-refractivity contribution is 6.05. The number of amides is 1. The molecule has 0 fully saturated rings. The Morgan fingerprint density at radius 1 is 1.07 bits per heavy atom. The van der Waals surface area contributed by atoms with Crippen molar-refractivity contribution < 1.29 is 4.79 Å². The minimum Gasteiger partial charge on any atom is -0.324 e. The Hall–Kier alpha value is -3.21. The number of anilines is 3. The summed E-state index contributed by atoms with van der Waals surface area (Å²) in [6.07, 6.45) is 3.59. The molecule has 0 bridgehead atoms. The molecule has 5 nitrogen and oxygen atoms in total. The van der Waals surface area contributed by atoms with E-state index in [1.165, 1.54) is 11.1 Å². The maximum atomic E-state index is 13.1. The van der Waals surface area contributed by atoms with Crippen LogP contribution in [0.5, 0.6) is 0 Å². The highest BCUT2D eigenvalue weighted by atomic mass is 16.2. The van der Waals surface area contributed by atoms with Crippen LogP contribution in [0.2, 0.25) is 0 Å². The van der Waals surface area contributed by atoms with Crippen LogP contribution in [0, 0.1) is 13.8 Å². The third-order valence-corrected chi connectivity index (χ3v) is 5.08. The SMILES string of the molecule is Cc1cccc(Nc2nccc(C(=O)N3CCCc4ccccc43)n2)c1C. The quantitative estimate of drug-likeness (QED) is 0.752. The first kappa shape index (κ1) is 17.2. The highest BCUT2D eigenvalue weighted by Gasteiger charge is 2.24. The molecule has 0 saturated heterocycles. The van der Waals surface area contributed by atoms with Gasteiger partial charge >= 0.3 is 0 Å². The van der Waals surface area contributed by atoms with Crippen molar-refractivity contribution in [3.8, 4) is 0 Å². The van der Waals surface area contributed by atoms with E-state index in [1.807, 2.05) is 35.2 Å². The summed E-state index contributed by atoms with van der Waals surface area (Å²) in [5.41, 5.74) is 5.87. The molecule has 1 amide bonds. The molecule has 0 unspecified atom stereocenters. The maximum Gasteiger partial charge on any atom is 0.277 e. The number of carbonyl (C=O) groups is 1. The number of aryl methyl sites for hydroxylation is 2. The topological polar surface area (TPSA) is 58.1 Å². The zero-order valence-corrected chi connectivity index (χ0v) is 15.6. The minimum atomic E-state index is -0.0893. The number of rotatable bonds is 3. The Kier molecular flexibility index (Phi) is 4.59. The van der Waals surface area contributed by atoms with E-state index in [1.54, 1.807) is 12.3 Å². The largest absolute Gasteiger partial charge is 0.324 e. The molecule has 136 valence electrons. The summed E-state index contributed by atoms with van der Waals surface area (Å²) >= 11 is 0. The highest BCUT2D eigenvalue weighted by Crippen LogP contribution is 2.28. The lowest BCUT2D eigenvalue weighted by molar-refractivity contribution is 0.0980. The molecule has 4 rings (SSSR count). The molecule has 1 N–H and O–H groups in total. The van der Waals surface area contributed by atoms with Gasteiger partial charge in [-0.25, -0.2) is 9.97 Å². The summed E-state index contributed by atoms with van der Waals surface area (Å²) in [5.74, 6) is 0.341. The standard InChI is InChI=1S/C22H22N4O/c1-15-7-5-10-18(16(15)2)24-22-23-13-12-19(25-22)21(27)26-14-6-9-17-8-3-4-11-20(17)26/h3-5,7-8,10-13H,6,9,14H2,1-2H3,(H,23,24,25). The van der Waals surface area contributed by atoms with Crippen LogP contribution in [0.1, 0.15) is 33.6 Å². The molecule has 0 atom stereocenters. The third-order valence-electron chi connectivity index (χ3n) is 5.08. The van der Waals surface area contributed by atoms with E-state index in [-0.39, 0.29) is 5.91 Å². The summed E-state index contributed by atoms with van der Waals surface area (Å²) in [7, 11) is 0. The molecule has 3 aromatic rings. The van der Waals surface area contributed by atoms with Crippen molar-refractivity contribution in [2.45, 2.75) is 26.7 Å². The number of aromatic nitrogens is 2. The third kappa shape index (κ3) is 3.40. The summed E-state index contributed by atoms with van der Waals surface area (Å²) in [5, 5.41) is 3.24. The van der Waals surface area contributed by atoms with Crippen molar-refractivity contribution in [2.24, 2.45) is 0 Å². The van der Waals surface area contributed by atoms with E-state index in [9.17, 15) is 4.79 Å². The molecule has 0 spiro atoms. The Bertz CT molecular complexity index is 999. The molecule has 1 aliphatic heterocycles. The molecule has 0 saturated carbocycles. The second-order valence-corrected chi connectivity index (χ2v) is 6.83. The lowest BCUT2D eigenvalue weighted by Gasteiger charge is -2.29. The number of fused-ring (bicyclic) bond motifs is 1. The van der Waals surface area contributed by atoms with Crippen LogP contribution < -0.4 is 10.2 Å². The van der Waals surface area contributed by atoms with Gasteiger partial charge in [-0.3, -0.25) is 4.79 Å². The van der Waals surface area contributed by atoms with Gasteiger partial charge in [-0.15, -0.1) is 0 Å². The Morgan fingerprint density at radius 2 is 1.93 bits per heavy atom. The smallest absolute Gasteiger partial charge is 0.277 e. The average Bonchev–Trinajstić information content (AvgIpc) is 2.71. The second kappa shape index (κ2) is 7.19. The Balaban J connectivity index is 1.61. The van der Waals surface area contributed by atoms with Crippen molar-refractivity contribution in [1.82, 2.24) is 9.97 Å². The van der Waals surface area contributed by atoms with E-state index >= 15 is 0 Å². The predicted molar refractivity (Wildman–Crippen MR) is 108 cm³/mol. The zero-order valence-electron chi connectivity index (χ0n) is 15.6. The van der Waals surface area contributed by atoms with Crippen molar-refractivity contribution in [2.75, 3.05) is 16.8 Å². The minimum absolute atomic E-state index is 0.0893. The van der Waals surface area contributed by atoms with E-state index < -0.39 is 0 Å². The molecule has 1 aliphatic rings. The number of nitrogens with one attached hydrogen (secondary N) is 1. The van der Waals surface area contributed by atoms with Gasteiger partial charge in [0.1, 0.15) is 5.69 Å². The Morgan fingerprint density at radius 3 is 2.81 bits per heavy atom. The van der Waals surface area contributed by atoms with Gasteiger partial charge in [0.25, 0.3) is 5.91 Å². The van der Waals surface area contributed by atoms with Gasteiger partial charge in [0.05, 0.1) is 0 Å². The van der Waals surface area contributed by atoms with Crippen LogP contribution >= 0.6 is 0 Å². The number of carbonyl (C=O) groups excluding carboxylic acids is 1. The van der Waals surface area contributed by atoms with Crippen LogP contribution in [-0.2, 0) is 6.42 Å². The summed E-state index contributed by atoms with van der Waals surface area (Å²) in [6.45, 7) is 4.83. The molecular weight excluding hydrogens is 336 g/mol. The predicted octanol–water partition coefficient (Wildman–Crippen LogP) is 4.43. The van der Waals surface area contributed by atoms with Crippen molar-refractivity contribution >= 4 is 23.2 Å². The fourth-order valence-corrected chi connectivity index (χ4v) is 3.43. The first-order valence-electron chi connectivity index (χ1n) is 9.19. The average molecular weight is 358 g/mol. The lowest BCUT2D eigenvalue weighted by Crippen LogP contribution is -2.36. The molecule has 5 heteroatoms. The summed E-state index contributed by atoms with van der Waals surface area (Å²) < 4.78 is 0. The number of hydrogen-bond donors (Lipinski definition) is 1. The van der Waals surface area contributed by atoms with Crippen molar-refractivity contribution in [1.29, 1.82) is 0 Å². The number of nitrogens with zero attached hydrogens (tertiary/aromatic N) is 3. The van der Waals surface area contributed by atoms with Gasteiger partial charge in [-0.05, 0) is 61.6 Å². The second-order valence-electron chi connectivity index (χ2n) is 6.83. The van der Waals surface area contributed by atoms with Crippen LogP contribution in [0.25, 0.3) is 0 Å². The Labute approximate surface area is 159 Å². The van der Waals surface area contributed by atoms with Crippen LogP contribution in [0.15, 0.2) is 54.7 Å². The number of hydrogen-bond acceptors (Lipinski definition) is 4. The number of benzene rings is 2. The van der Waals surface area contributed by atoms with Gasteiger partial charge in [-0.1, -0.05) is 30.3 Å². The van der Waals surface area contributed by atoms with Gasteiger partial charge in [0.15, 0.2) is 0 Å². The van der Waals surface area contributed by atoms with Gasteiger partial charge < -0.3 is 10.2 Å². The maximum absolute atomic E-state index is 13.1. The van der Waals surface area contributed by atoms with Crippen LogP contribution in [0.3, 0.4) is 0 Å². The summed E-state index contributed by atoms with van der Waals surface area (Å²) in [6, 6.07) is 15.8. The van der Waals surface area contributed by atoms with Crippen LogP contribution in [0.4, 0.5) is 17.3 Å². The van der Waals surface area contributed by atoms with Crippen molar-refractivity contribution in [3.63, 3.8) is 0 Å². The van der Waals surface area contributed by atoms with E-state index in [0.717, 1.165) is 29.8 Å².